The molecular weight excluding hydrogens is 460 g/mol. The molecule has 2 aromatic rings. The number of nitrogens with one attached hydrogen (secondary N) is 2. The fourth-order valence-electron chi connectivity index (χ4n) is 3.92. The van der Waals surface area contributed by atoms with Crippen LogP contribution >= 0.6 is 11.3 Å². The monoisotopic (exact) mass is 490 g/mol. The van der Waals surface area contributed by atoms with Gasteiger partial charge in [0.1, 0.15) is 16.5 Å². The van der Waals surface area contributed by atoms with Gasteiger partial charge in [-0.15, -0.1) is 11.3 Å². The van der Waals surface area contributed by atoms with Crippen LogP contribution in [0.4, 0.5) is 9.80 Å². The Hall–Kier alpha value is -3.27. The number of carbonyl (C=O) groups is 3. The van der Waals surface area contributed by atoms with E-state index in [9.17, 15) is 14.4 Å². The van der Waals surface area contributed by atoms with E-state index in [0.29, 0.717) is 34.9 Å². The summed E-state index contributed by atoms with van der Waals surface area (Å²) in [6.45, 7) is 4.16. The van der Waals surface area contributed by atoms with E-state index in [1.54, 1.807) is 46.3 Å². The number of methoxy groups -OCH3 is 2. The van der Waals surface area contributed by atoms with Gasteiger partial charge in [0, 0.05) is 23.1 Å². The molecule has 1 unspecified atom stereocenters. The molecule has 0 radical (unpaired) electrons. The van der Waals surface area contributed by atoms with Crippen molar-refractivity contribution in [3.63, 3.8) is 0 Å². The number of carbonyl (C=O) groups excluding carboxylic acids is 3. The fourth-order valence-corrected chi connectivity index (χ4v) is 5.28. The number of urea groups is 1. The van der Waals surface area contributed by atoms with Gasteiger partial charge in [-0.25, -0.2) is 9.59 Å². The quantitative estimate of drug-likeness (QED) is 0.506. The molecule has 2 N–H and O–H groups in total. The molecule has 1 heterocycles. The minimum atomic E-state index is -0.517. The Balaban J connectivity index is 1.82. The lowest BCUT2D eigenvalue weighted by atomic mass is 9.87. The highest BCUT2D eigenvalue weighted by atomic mass is 32.1. The van der Waals surface area contributed by atoms with Crippen molar-refractivity contribution in [3.05, 3.63) is 39.8 Å². The zero-order valence-electron chi connectivity index (χ0n) is 19.8. The molecule has 34 heavy (non-hydrogen) atoms. The van der Waals surface area contributed by atoms with E-state index in [0.717, 1.165) is 22.4 Å². The van der Waals surface area contributed by atoms with Gasteiger partial charge in [-0.2, -0.15) is 0 Å². The summed E-state index contributed by atoms with van der Waals surface area (Å²) >= 11 is 1.23. The highest BCUT2D eigenvalue weighted by molar-refractivity contribution is 7.17. The molecule has 1 aromatic heterocycles. The van der Waals surface area contributed by atoms with Crippen LogP contribution in [0.25, 0.3) is 0 Å². The first-order valence-corrected chi connectivity index (χ1v) is 12.0. The zero-order valence-corrected chi connectivity index (χ0v) is 20.6. The third-order valence-electron chi connectivity index (χ3n) is 5.49. The Morgan fingerprint density at radius 1 is 1.09 bits per heavy atom. The average molecular weight is 491 g/mol. The lowest BCUT2D eigenvalue weighted by molar-refractivity contribution is -0.145. The first kappa shape index (κ1) is 25.4. The van der Waals surface area contributed by atoms with Crippen LogP contribution in [0.5, 0.6) is 11.5 Å². The minimum absolute atomic E-state index is 0.199. The normalized spacial score (nSPS) is 14.5. The van der Waals surface area contributed by atoms with Crippen LogP contribution in [0, 0.1) is 0 Å². The summed E-state index contributed by atoms with van der Waals surface area (Å²) in [5.74, 6) is -0.0661. The second kappa shape index (κ2) is 11.7. The van der Waals surface area contributed by atoms with Gasteiger partial charge in [0.15, 0.2) is 0 Å². The van der Waals surface area contributed by atoms with E-state index in [4.69, 9.17) is 18.9 Å². The van der Waals surface area contributed by atoms with Crippen molar-refractivity contribution in [2.24, 2.45) is 0 Å². The van der Waals surface area contributed by atoms with E-state index >= 15 is 0 Å². The standard InChI is InChI=1S/C24H30N2O7S/c1-5-32-22(27)17-9-7-8-16-19(23(28)33-6-2)21(34-20(16)17)26-24(29)25-13-14-10-11-15(30-3)12-18(14)31-4/h10-12,17H,5-9,13H2,1-4H3,(H2,25,26,29). The molecule has 0 saturated heterocycles. The summed E-state index contributed by atoms with van der Waals surface area (Å²) in [6, 6.07) is 4.82. The van der Waals surface area contributed by atoms with Crippen molar-refractivity contribution in [2.75, 3.05) is 32.8 Å². The van der Waals surface area contributed by atoms with Gasteiger partial charge in [0.2, 0.25) is 0 Å². The average Bonchev–Trinajstić information content (AvgIpc) is 3.20. The molecule has 10 heteroatoms. The predicted octanol–water partition coefficient (Wildman–Crippen LogP) is 4.25. The summed E-state index contributed by atoms with van der Waals surface area (Å²) in [6.07, 6.45) is 2.00. The van der Waals surface area contributed by atoms with Crippen LogP contribution in [0.15, 0.2) is 18.2 Å². The van der Waals surface area contributed by atoms with Crippen LogP contribution in [-0.2, 0) is 27.2 Å². The summed E-state index contributed by atoms with van der Waals surface area (Å²) in [5, 5.41) is 5.92. The Bertz CT molecular complexity index is 1050. The molecule has 9 nitrogen and oxygen atoms in total. The maximum Gasteiger partial charge on any atom is 0.341 e. The molecule has 1 aromatic carbocycles. The van der Waals surface area contributed by atoms with Crippen LogP contribution in [-0.4, -0.2) is 45.4 Å². The maximum atomic E-state index is 12.8. The van der Waals surface area contributed by atoms with Gasteiger partial charge in [0.25, 0.3) is 0 Å². The Kier molecular flexibility index (Phi) is 8.75. The highest BCUT2D eigenvalue weighted by Crippen LogP contribution is 2.44. The van der Waals surface area contributed by atoms with Gasteiger partial charge in [-0.05, 0) is 50.8 Å². The highest BCUT2D eigenvalue weighted by Gasteiger charge is 2.35. The Morgan fingerprint density at radius 3 is 2.53 bits per heavy atom. The number of anilines is 1. The Labute approximate surface area is 202 Å². The summed E-state index contributed by atoms with van der Waals surface area (Å²) in [7, 11) is 3.11. The van der Waals surface area contributed by atoms with Crippen molar-refractivity contribution >= 4 is 34.3 Å². The molecule has 0 aliphatic heterocycles. The maximum absolute atomic E-state index is 12.8. The molecule has 1 aliphatic carbocycles. The van der Waals surface area contributed by atoms with Crippen molar-refractivity contribution in [1.82, 2.24) is 5.32 Å². The summed E-state index contributed by atoms with van der Waals surface area (Å²) < 4.78 is 21.1. The third kappa shape index (κ3) is 5.61. The number of hydrogen-bond donors (Lipinski definition) is 2. The molecule has 3 rings (SSSR count). The van der Waals surface area contributed by atoms with Crippen molar-refractivity contribution in [3.8, 4) is 11.5 Å². The smallest absolute Gasteiger partial charge is 0.341 e. The van der Waals surface area contributed by atoms with Crippen LogP contribution in [0.3, 0.4) is 0 Å². The number of esters is 2. The van der Waals surface area contributed by atoms with Gasteiger partial charge >= 0.3 is 18.0 Å². The fraction of sp³-hybridized carbons (Fsp3) is 0.458. The second-order valence-electron chi connectivity index (χ2n) is 7.55. The molecule has 0 fully saturated rings. The van der Waals surface area contributed by atoms with Gasteiger partial charge in [-0.1, -0.05) is 0 Å². The number of rotatable bonds is 9. The van der Waals surface area contributed by atoms with E-state index in [2.05, 4.69) is 10.6 Å². The first-order valence-electron chi connectivity index (χ1n) is 11.2. The SMILES string of the molecule is CCOC(=O)c1c(NC(=O)NCc2ccc(OC)cc2OC)sc2c1CCCC2C(=O)OCC. The molecule has 0 saturated carbocycles. The van der Waals surface area contributed by atoms with Gasteiger partial charge in [0.05, 0.1) is 38.9 Å². The van der Waals surface area contributed by atoms with Crippen LogP contribution in [0.1, 0.15) is 59.0 Å². The predicted molar refractivity (Wildman–Crippen MR) is 128 cm³/mol. The van der Waals surface area contributed by atoms with Gasteiger partial charge < -0.3 is 24.3 Å². The third-order valence-corrected chi connectivity index (χ3v) is 6.75. The number of amides is 2. The summed E-state index contributed by atoms with van der Waals surface area (Å²) in [5.41, 5.74) is 1.82. The lowest BCUT2D eigenvalue weighted by Gasteiger charge is -2.21. The molecule has 0 spiro atoms. The summed E-state index contributed by atoms with van der Waals surface area (Å²) in [4.78, 5) is 38.8. The van der Waals surface area contributed by atoms with Crippen LogP contribution in [0.2, 0.25) is 0 Å². The molecule has 0 bridgehead atoms. The number of hydrogen-bond acceptors (Lipinski definition) is 8. The van der Waals surface area contributed by atoms with Gasteiger partial charge in [-0.3, -0.25) is 10.1 Å². The van der Waals surface area contributed by atoms with Crippen molar-refractivity contribution in [1.29, 1.82) is 0 Å². The topological polar surface area (TPSA) is 112 Å². The first-order chi connectivity index (χ1) is 16.4. The number of thiophene rings is 1. The number of ether oxygens (including phenoxy) is 4. The molecule has 1 aliphatic rings. The zero-order chi connectivity index (χ0) is 24.7. The van der Waals surface area contributed by atoms with E-state index in [1.807, 2.05) is 0 Å². The van der Waals surface area contributed by atoms with Crippen LogP contribution < -0.4 is 20.1 Å². The molecule has 184 valence electrons. The molecular formula is C24H30N2O7S. The van der Waals surface area contributed by atoms with Crippen molar-refractivity contribution in [2.45, 2.75) is 45.6 Å². The number of benzene rings is 1. The second-order valence-corrected chi connectivity index (χ2v) is 8.60. The largest absolute Gasteiger partial charge is 0.497 e. The number of fused-ring (bicyclic) bond motifs is 1. The Morgan fingerprint density at radius 2 is 1.85 bits per heavy atom. The van der Waals surface area contributed by atoms with Crippen molar-refractivity contribution < 1.29 is 33.3 Å². The minimum Gasteiger partial charge on any atom is -0.497 e. The molecule has 2 amide bonds. The van der Waals surface area contributed by atoms with E-state index in [1.165, 1.54) is 11.3 Å². The molecule has 1 atom stereocenters. The lowest BCUT2D eigenvalue weighted by Crippen LogP contribution is -2.28. The van der Waals surface area contributed by atoms with E-state index in [-0.39, 0.29) is 25.7 Å². The van der Waals surface area contributed by atoms with E-state index < -0.39 is 17.9 Å².